The third-order valence-electron chi connectivity index (χ3n) is 4.04. The van der Waals surface area contributed by atoms with Crippen LogP contribution < -0.4 is 19.5 Å². The molecule has 0 fully saturated rings. The molecule has 31 heavy (non-hydrogen) atoms. The highest BCUT2D eigenvalue weighted by Crippen LogP contribution is 2.23. The molecular weight excluding hydrogens is 418 g/mol. The van der Waals surface area contributed by atoms with Gasteiger partial charge in [0.15, 0.2) is 0 Å². The first-order valence-corrected chi connectivity index (χ1v) is 11.4. The van der Waals surface area contributed by atoms with Crippen LogP contribution in [0.5, 0.6) is 17.4 Å². The number of ether oxygens (including phenoxy) is 2. The highest BCUT2D eigenvalue weighted by molar-refractivity contribution is 7.92. The monoisotopic (exact) mass is 441 g/mol. The molecule has 2 aromatic carbocycles. The van der Waals surface area contributed by atoms with Crippen LogP contribution in [0.1, 0.15) is 22.8 Å². The predicted molar refractivity (Wildman–Crippen MR) is 118 cm³/mol. The molecule has 0 atom stereocenters. The van der Waals surface area contributed by atoms with Gasteiger partial charge in [-0.1, -0.05) is 6.07 Å². The summed E-state index contributed by atoms with van der Waals surface area (Å²) in [6.07, 6.45) is 2.65. The number of hydrogen-bond donors (Lipinski definition) is 2. The average molecular weight is 442 g/mol. The summed E-state index contributed by atoms with van der Waals surface area (Å²) >= 11 is 0. The molecule has 0 saturated carbocycles. The Morgan fingerprint density at radius 2 is 1.77 bits per heavy atom. The molecule has 0 aliphatic carbocycles. The molecule has 1 aromatic heterocycles. The van der Waals surface area contributed by atoms with Gasteiger partial charge >= 0.3 is 0 Å². The molecule has 0 spiro atoms. The summed E-state index contributed by atoms with van der Waals surface area (Å²) in [6, 6.07) is 17.0. The van der Waals surface area contributed by atoms with Crippen molar-refractivity contribution >= 4 is 21.6 Å². The van der Waals surface area contributed by atoms with Gasteiger partial charge in [-0.25, -0.2) is 13.4 Å². The van der Waals surface area contributed by atoms with E-state index in [1.54, 1.807) is 48.7 Å². The maximum Gasteiger partial charge on any atom is 0.251 e. The van der Waals surface area contributed by atoms with Gasteiger partial charge < -0.3 is 14.8 Å². The minimum Gasteiger partial charge on any atom is -0.494 e. The van der Waals surface area contributed by atoms with Crippen molar-refractivity contribution in [1.29, 1.82) is 0 Å². The number of hydrogen-bond acceptors (Lipinski definition) is 6. The van der Waals surface area contributed by atoms with Crippen molar-refractivity contribution in [2.45, 2.75) is 13.5 Å². The number of nitrogens with one attached hydrogen (secondary N) is 2. The Morgan fingerprint density at radius 3 is 2.48 bits per heavy atom. The van der Waals surface area contributed by atoms with Gasteiger partial charge in [-0.15, -0.1) is 0 Å². The maximum atomic E-state index is 12.4. The summed E-state index contributed by atoms with van der Waals surface area (Å²) in [7, 11) is -3.42. The van der Waals surface area contributed by atoms with Crippen LogP contribution in [0, 0.1) is 0 Å². The summed E-state index contributed by atoms with van der Waals surface area (Å²) in [5, 5.41) is 2.80. The topological polar surface area (TPSA) is 107 Å². The molecule has 0 aliphatic rings. The Kier molecular flexibility index (Phi) is 7.09. The van der Waals surface area contributed by atoms with E-state index in [0.717, 1.165) is 17.6 Å². The minimum atomic E-state index is -3.42. The first-order valence-electron chi connectivity index (χ1n) is 9.54. The van der Waals surface area contributed by atoms with Crippen LogP contribution in [0.3, 0.4) is 0 Å². The van der Waals surface area contributed by atoms with Crippen LogP contribution in [-0.2, 0) is 16.6 Å². The van der Waals surface area contributed by atoms with Gasteiger partial charge in [0.05, 0.1) is 12.9 Å². The molecular formula is C22H23N3O5S. The molecule has 0 unspecified atom stereocenters. The smallest absolute Gasteiger partial charge is 0.251 e. The lowest BCUT2D eigenvalue weighted by atomic mass is 10.2. The lowest BCUT2D eigenvalue weighted by Crippen LogP contribution is -2.23. The van der Waals surface area contributed by atoms with E-state index in [0.29, 0.717) is 29.5 Å². The second-order valence-corrected chi connectivity index (χ2v) is 8.39. The first kappa shape index (κ1) is 22.1. The van der Waals surface area contributed by atoms with E-state index in [1.807, 2.05) is 19.1 Å². The van der Waals surface area contributed by atoms with Crippen LogP contribution in [0.15, 0.2) is 66.9 Å². The van der Waals surface area contributed by atoms with E-state index >= 15 is 0 Å². The molecule has 0 bridgehead atoms. The van der Waals surface area contributed by atoms with Gasteiger partial charge in [0.1, 0.15) is 11.5 Å². The molecule has 1 amide bonds. The van der Waals surface area contributed by atoms with Crippen LogP contribution in [0.25, 0.3) is 0 Å². The fourth-order valence-corrected chi connectivity index (χ4v) is 3.29. The van der Waals surface area contributed by atoms with Crippen molar-refractivity contribution in [2.75, 3.05) is 17.6 Å². The number of rotatable bonds is 9. The molecule has 3 aromatic rings. The van der Waals surface area contributed by atoms with Gasteiger partial charge in [0.2, 0.25) is 15.9 Å². The maximum absolute atomic E-state index is 12.4. The predicted octanol–water partition coefficient (Wildman–Crippen LogP) is 3.57. The molecule has 0 aliphatic heterocycles. The standard InChI is InChI=1S/C22H23N3O5S/c1-3-29-19-7-9-20(10-8-19)30-21-13-16(11-12-23-21)15-24-22(26)17-5-4-6-18(14-17)25-31(2,27)28/h4-14,25H,3,15H2,1-2H3,(H,24,26). The largest absolute Gasteiger partial charge is 0.494 e. The highest BCUT2D eigenvalue weighted by atomic mass is 32.2. The van der Waals surface area contributed by atoms with Crippen molar-refractivity contribution in [3.63, 3.8) is 0 Å². The van der Waals surface area contributed by atoms with E-state index in [-0.39, 0.29) is 12.5 Å². The number of aromatic nitrogens is 1. The Bertz CT molecular complexity index is 1150. The van der Waals surface area contributed by atoms with E-state index in [4.69, 9.17) is 9.47 Å². The quantitative estimate of drug-likeness (QED) is 0.526. The molecule has 162 valence electrons. The highest BCUT2D eigenvalue weighted by Gasteiger charge is 2.09. The number of carbonyl (C=O) groups is 1. The molecule has 1 heterocycles. The fourth-order valence-electron chi connectivity index (χ4n) is 2.73. The van der Waals surface area contributed by atoms with Crippen molar-refractivity contribution in [3.8, 4) is 17.4 Å². The third-order valence-corrected chi connectivity index (χ3v) is 4.64. The number of benzene rings is 2. The zero-order valence-corrected chi connectivity index (χ0v) is 18.0. The summed E-state index contributed by atoms with van der Waals surface area (Å²) in [5.41, 5.74) is 1.47. The average Bonchev–Trinajstić information content (AvgIpc) is 2.73. The van der Waals surface area contributed by atoms with Gasteiger partial charge in [-0.3, -0.25) is 9.52 Å². The number of carbonyl (C=O) groups excluding carboxylic acids is 1. The van der Waals surface area contributed by atoms with Crippen LogP contribution in [-0.4, -0.2) is 32.2 Å². The Balaban J connectivity index is 1.61. The number of amides is 1. The summed E-state index contributed by atoms with van der Waals surface area (Å²) in [6.45, 7) is 2.76. The SMILES string of the molecule is CCOc1ccc(Oc2cc(CNC(=O)c3cccc(NS(C)(=O)=O)c3)ccn2)cc1. The van der Waals surface area contributed by atoms with Crippen LogP contribution in [0.2, 0.25) is 0 Å². The van der Waals surface area contributed by atoms with E-state index in [1.165, 1.54) is 6.07 Å². The van der Waals surface area contributed by atoms with Gasteiger partial charge in [0.25, 0.3) is 5.91 Å². The van der Waals surface area contributed by atoms with E-state index in [9.17, 15) is 13.2 Å². The lowest BCUT2D eigenvalue weighted by Gasteiger charge is -2.10. The normalized spacial score (nSPS) is 10.9. The molecule has 2 N–H and O–H groups in total. The lowest BCUT2D eigenvalue weighted by molar-refractivity contribution is 0.0951. The Hall–Kier alpha value is -3.59. The zero-order valence-electron chi connectivity index (χ0n) is 17.2. The zero-order chi connectivity index (χ0) is 22.3. The third kappa shape index (κ3) is 7.00. The van der Waals surface area contributed by atoms with Gasteiger partial charge in [-0.2, -0.15) is 0 Å². The molecule has 0 radical (unpaired) electrons. The Morgan fingerprint density at radius 1 is 1.03 bits per heavy atom. The molecule has 3 rings (SSSR count). The molecule has 8 nitrogen and oxygen atoms in total. The van der Waals surface area contributed by atoms with E-state index in [2.05, 4.69) is 15.0 Å². The second-order valence-electron chi connectivity index (χ2n) is 6.65. The van der Waals surface area contributed by atoms with Crippen molar-refractivity contribution in [2.24, 2.45) is 0 Å². The van der Waals surface area contributed by atoms with Crippen molar-refractivity contribution < 1.29 is 22.7 Å². The number of nitrogens with zero attached hydrogens (tertiary/aromatic N) is 1. The number of sulfonamides is 1. The van der Waals surface area contributed by atoms with Gasteiger partial charge in [0, 0.05) is 30.1 Å². The molecule has 9 heteroatoms. The van der Waals surface area contributed by atoms with Crippen molar-refractivity contribution in [1.82, 2.24) is 10.3 Å². The fraction of sp³-hybridized carbons (Fsp3) is 0.182. The first-order chi connectivity index (χ1) is 14.8. The summed E-state index contributed by atoms with van der Waals surface area (Å²) < 4.78 is 36.3. The minimum absolute atomic E-state index is 0.255. The molecule has 0 saturated heterocycles. The Labute approximate surface area is 181 Å². The van der Waals surface area contributed by atoms with Crippen molar-refractivity contribution in [3.05, 3.63) is 78.0 Å². The number of anilines is 1. The van der Waals surface area contributed by atoms with Gasteiger partial charge in [-0.05, 0) is 61.0 Å². The van der Waals surface area contributed by atoms with Crippen LogP contribution in [0.4, 0.5) is 5.69 Å². The van der Waals surface area contributed by atoms with E-state index < -0.39 is 10.0 Å². The second kappa shape index (κ2) is 9.94. The van der Waals surface area contributed by atoms with Crippen LogP contribution >= 0.6 is 0 Å². The number of pyridine rings is 1. The summed E-state index contributed by atoms with van der Waals surface area (Å²) in [4.78, 5) is 16.6. The summed E-state index contributed by atoms with van der Waals surface area (Å²) in [5.74, 6) is 1.45.